The van der Waals surface area contributed by atoms with Crippen LogP contribution in [0.3, 0.4) is 0 Å². The number of hydrogen-bond acceptors (Lipinski definition) is 6. The Labute approximate surface area is 166 Å². The molecule has 0 radical (unpaired) electrons. The molecule has 142 valence electrons. The van der Waals surface area contributed by atoms with Crippen molar-refractivity contribution in [1.29, 1.82) is 0 Å². The van der Waals surface area contributed by atoms with Crippen molar-refractivity contribution < 1.29 is 14.6 Å². The van der Waals surface area contributed by atoms with Crippen molar-refractivity contribution in [2.24, 2.45) is 0 Å². The molecule has 0 atom stereocenters. The normalized spacial score (nSPS) is 15.5. The highest BCUT2D eigenvalue weighted by molar-refractivity contribution is 7.19. The predicted molar refractivity (Wildman–Crippen MR) is 109 cm³/mol. The highest BCUT2D eigenvalue weighted by atomic mass is 32.1. The third-order valence-electron chi connectivity index (χ3n) is 5.10. The van der Waals surface area contributed by atoms with E-state index in [0.717, 1.165) is 49.9 Å². The number of rotatable bonds is 6. The Morgan fingerprint density at radius 1 is 1.33 bits per heavy atom. The van der Waals surface area contributed by atoms with Crippen LogP contribution in [0, 0.1) is 13.8 Å². The van der Waals surface area contributed by atoms with Crippen LogP contribution in [-0.2, 0) is 6.61 Å². The maximum atomic E-state index is 12.9. The quantitative estimate of drug-likeness (QED) is 0.648. The summed E-state index contributed by atoms with van der Waals surface area (Å²) in [6.45, 7) is 4.39. The second-order valence-electron chi connectivity index (χ2n) is 7.07. The summed E-state index contributed by atoms with van der Waals surface area (Å²) in [4.78, 5) is 19.2. The van der Waals surface area contributed by atoms with Crippen LogP contribution in [0.25, 0.3) is 10.1 Å². The minimum Gasteiger partial charge on any atom is -0.488 e. The number of aromatic nitrogens is 1. The lowest BCUT2D eigenvalue weighted by molar-refractivity contribution is 0.0643. The molecule has 1 amide bonds. The van der Waals surface area contributed by atoms with Gasteiger partial charge in [0, 0.05) is 21.2 Å². The van der Waals surface area contributed by atoms with Crippen molar-refractivity contribution in [3.63, 3.8) is 0 Å². The highest BCUT2D eigenvalue weighted by Crippen LogP contribution is 2.36. The molecule has 1 saturated carbocycles. The van der Waals surface area contributed by atoms with E-state index < -0.39 is 5.54 Å². The molecule has 0 bridgehead atoms. The molecule has 27 heavy (non-hydrogen) atoms. The van der Waals surface area contributed by atoms with Gasteiger partial charge in [0.2, 0.25) is 0 Å². The number of carbonyl (C=O) groups is 1. The number of fused-ring (bicyclic) bond motifs is 1. The summed E-state index contributed by atoms with van der Waals surface area (Å²) < 4.78 is 6.98. The van der Waals surface area contributed by atoms with Crippen molar-refractivity contribution >= 4 is 38.7 Å². The molecular formula is C20H22N2O3S2. The molecule has 7 heteroatoms. The van der Waals surface area contributed by atoms with E-state index in [1.165, 1.54) is 0 Å². The van der Waals surface area contributed by atoms with Gasteiger partial charge in [0.25, 0.3) is 5.91 Å². The predicted octanol–water partition coefficient (Wildman–Crippen LogP) is 4.20. The standard InChI is InChI=1S/C20H22N2O3S2/c1-12-18(19(24)22-20(11-23)6-3-7-20)16-8-14(4-5-17(16)26-12)25-10-15-9-21-13(2)27-15/h4-5,8-9,23H,3,6-7,10-11H2,1-2H3,(H,22,24). The van der Waals surface area contributed by atoms with Crippen LogP contribution < -0.4 is 10.1 Å². The van der Waals surface area contributed by atoms with Crippen LogP contribution in [-0.4, -0.2) is 28.1 Å². The molecule has 0 saturated heterocycles. The average molecular weight is 403 g/mol. The van der Waals surface area contributed by atoms with Gasteiger partial charge in [-0.05, 0) is 51.3 Å². The molecule has 0 spiro atoms. The summed E-state index contributed by atoms with van der Waals surface area (Å²) in [6.07, 6.45) is 4.54. The number of thiazole rings is 1. The van der Waals surface area contributed by atoms with Gasteiger partial charge in [-0.2, -0.15) is 0 Å². The van der Waals surface area contributed by atoms with Crippen molar-refractivity contribution in [2.45, 2.75) is 45.3 Å². The number of benzene rings is 1. The topological polar surface area (TPSA) is 71.5 Å². The summed E-state index contributed by atoms with van der Waals surface area (Å²) in [5.74, 6) is 0.628. The van der Waals surface area contributed by atoms with Gasteiger partial charge in [0.1, 0.15) is 12.4 Å². The van der Waals surface area contributed by atoms with Crippen LogP contribution in [0.1, 0.15) is 44.4 Å². The van der Waals surface area contributed by atoms with Gasteiger partial charge in [-0.1, -0.05) is 0 Å². The Bertz CT molecular complexity index is 983. The second kappa shape index (κ2) is 7.22. The molecule has 2 heterocycles. The van der Waals surface area contributed by atoms with Gasteiger partial charge >= 0.3 is 0 Å². The fourth-order valence-electron chi connectivity index (χ4n) is 3.43. The number of carbonyl (C=O) groups excluding carboxylic acids is 1. The Morgan fingerprint density at radius 2 is 2.15 bits per heavy atom. The molecule has 5 nitrogen and oxygen atoms in total. The number of ether oxygens (including phenoxy) is 1. The van der Waals surface area contributed by atoms with E-state index in [0.29, 0.717) is 12.2 Å². The van der Waals surface area contributed by atoms with Crippen LogP contribution in [0.5, 0.6) is 5.75 Å². The molecule has 0 aliphatic heterocycles. The van der Waals surface area contributed by atoms with Crippen LogP contribution in [0.2, 0.25) is 0 Å². The third kappa shape index (κ3) is 3.59. The number of aliphatic hydroxyl groups excluding tert-OH is 1. The van der Waals surface area contributed by atoms with Crippen LogP contribution in [0.15, 0.2) is 24.4 Å². The number of nitrogens with zero attached hydrogens (tertiary/aromatic N) is 1. The third-order valence-corrected chi connectivity index (χ3v) is 7.08. The van der Waals surface area contributed by atoms with E-state index in [9.17, 15) is 9.90 Å². The van der Waals surface area contributed by atoms with Crippen molar-refractivity contribution in [3.8, 4) is 5.75 Å². The van der Waals surface area contributed by atoms with Crippen molar-refractivity contribution in [1.82, 2.24) is 10.3 Å². The Balaban J connectivity index is 1.58. The maximum Gasteiger partial charge on any atom is 0.253 e. The fourth-order valence-corrected chi connectivity index (χ4v) is 5.18. The first-order valence-corrected chi connectivity index (χ1v) is 10.6. The summed E-state index contributed by atoms with van der Waals surface area (Å²) in [7, 11) is 0. The van der Waals surface area contributed by atoms with Gasteiger partial charge in [-0.3, -0.25) is 4.79 Å². The maximum absolute atomic E-state index is 12.9. The summed E-state index contributed by atoms with van der Waals surface area (Å²) in [5, 5.41) is 14.6. The second-order valence-corrected chi connectivity index (χ2v) is 9.65. The monoisotopic (exact) mass is 402 g/mol. The number of nitrogens with one attached hydrogen (secondary N) is 1. The molecule has 1 aliphatic rings. The van der Waals surface area contributed by atoms with Gasteiger partial charge in [0.15, 0.2) is 0 Å². The summed E-state index contributed by atoms with van der Waals surface area (Å²) in [5.41, 5.74) is 0.240. The Hall–Kier alpha value is -1.96. The smallest absolute Gasteiger partial charge is 0.253 e. The number of amides is 1. The minimum atomic E-state index is -0.448. The molecule has 3 aromatic rings. The molecule has 2 N–H and O–H groups in total. The van der Waals surface area contributed by atoms with E-state index >= 15 is 0 Å². The zero-order valence-electron chi connectivity index (χ0n) is 15.4. The molecule has 1 aromatic carbocycles. The first-order chi connectivity index (χ1) is 13.0. The first-order valence-electron chi connectivity index (χ1n) is 9.00. The van der Waals surface area contributed by atoms with E-state index in [1.54, 1.807) is 22.7 Å². The molecular weight excluding hydrogens is 380 g/mol. The Morgan fingerprint density at radius 3 is 2.78 bits per heavy atom. The van der Waals surface area contributed by atoms with Crippen molar-refractivity contribution in [3.05, 3.63) is 44.7 Å². The SMILES string of the molecule is Cc1ncc(COc2ccc3sc(C)c(C(=O)NC4(CO)CCC4)c3c2)s1. The molecule has 1 aliphatic carbocycles. The molecule has 2 aromatic heterocycles. The first kappa shape index (κ1) is 18.4. The fraction of sp³-hybridized carbons (Fsp3) is 0.400. The largest absolute Gasteiger partial charge is 0.488 e. The van der Waals surface area contributed by atoms with Crippen LogP contribution >= 0.6 is 22.7 Å². The zero-order chi connectivity index (χ0) is 19.0. The number of aliphatic hydroxyl groups is 1. The molecule has 1 fully saturated rings. The highest BCUT2D eigenvalue weighted by Gasteiger charge is 2.38. The number of hydrogen-bond donors (Lipinski definition) is 2. The Kier molecular flexibility index (Phi) is 4.92. The van der Waals surface area contributed by atoms with E-state index in [1.807, 2.05) is 38.2 Å². The summed E-state index contributed by atoms with van der Waals surface area (Å²) in [6, 6.07) is 5.88. The van der Waals surface area contributed by atoms with Crippen LogP contribution in [0.4, 0.5) is 0 Å². The van der Waals surface area contributed by atoms with Gasteiger partial charge < -0.3 is 15.2 Å². The minimum absolute atomic E-state index is 0.0114. The summed E-state index contributed by atoms with van der Waals surface area (Å²) >= 11 is 3.22. The molecule has 4 rings (SSSR count). The molecule has 0 unspecified atom stereocenters. The lowest BCUT2D eigenvalue weighted by atomic mass is 9.77. The van der Waals surface area contributed by atoms with Gasteiger partial charge in [-0.25, -0.2) is 4.98 Å². The van der Waals surface area contributed by atoms with E-state index in [2.05, 4.69) is 10.3 Å². The van der Waals surface area contributed by atoms with Gasteiger partial charge in [0.05, 0.1) is 27.6 Å². The van der Waals surface area contributed by atoms with Gasteiger partial charge in [-0.15, -0.1) is 22.7 Å². The lowest BCUT2D eigenvalue weighted by Gasteiger charge is -2.41. The van der Waals surface area contributed by atoms with E-state index in [-0.39, 0.29) is 12.5 Å². The average Bonchev–Trinajstić information content (AvgIpc) is 3.17. The number of thiophene rings is 1. The van der Waals surface area contributed by atoms with Crippen molar-refractivity contribution in [2.75, 3.05) is 6.61 Å². The number of aryl methyl sites for hydroxylation is 2. The zero-order valence-corrected chi connectivity index (χ0v) is 17.0. The van der Waals surface area contributed by atoms with E-state index in [4.69, 9.17) is 4.74 Å². The lowest BCUT2D eigenvalue weighted by Crippen LogP contribution is -2.56.